The van der Waals surface area contributed by atoms with E-state index in [1.54, 1.807) is 0 Å². The molecule has 5 heteroatoms. The standard InChI is InChI=1S/C8H11N3O2/c1-5(12)10-8-6-2-3-9-4-7(6)11-13-8/h9H,2-4H2,1H3,(H,10,12). The lowest BCUT2D eigenvalue weighted by atomic mass is 10.1. The summed E-state index contributed by atoms with van der Waals surface area (Å²) < 4.78 is 5.01. The van der Waals surface area contributed by atoms with Crippen LogP contribution in [0.15, 0.2) is 4.52 Å². The van der Waals surface area contributed by atoms with Gasteiger partial charge in [0, 0.05) is 19.0 Å². The molecule has 1 aromatic heterocycles. The molecule has 1 amide bonds. The van der Waals surface area contributed by atoms with Crippen molar-refractivity contribution in [2.75, 3.05) is 11.9 Å². The van der Waals surface area contributed by atoms with Crippen LogP contribution in [0, 0.1) is 0 Å². The van der Waals surface area contributed by atoms with E-state index in [-0.39, 0.29) is 5.91 Å². The third kappa shape index (κ3) is 1.55. The fraction of sp³-hybridized carbons (Fsp3) is 0.500. The van der Waals surface area contributed by atoms with Gasteiger partial charge in [0.15, 0.2) is 0 Å². The molecule has 0 fully saturated rings. The van der Waals surface area contributed by atoms with Gasteiger partial charge in [0.1, 0.15) is 5.69 Å². The Morgan fingerprint density at radius 3 is 3.31 bits per heavy atom. The second kappa shape index (κ2) is 3.18. The van der Waals surface area contributed by atoms with Crippen LogP contribution in [0.5, 0.6) is 0 Å². The Morgan fingerprint density at radius 1 is 1.69 bits per heavy atom. The number of anilines is 1. The second-order valence-electron chi connectivity index (χ2n) is 3.04. The summed E-state index contributed by atoms with van der Waals surface area (Å²) in [4.78, 5) is 10.8. The molecule has 0 saturated heterocycles. The van der Waals surface area contributed by atoms with Crippen LogP contribution >= 0.6 is 0 Å². The van der Waals surface area contributed by atoms with Gasteiger partial charge in [-0.15, -0.1) is 0 Å². The minimum Gasteiger partial charge on any atom is -0.338 e. The van der Waals surface area contributed by atoms with Crippen LogP contribution in [0.4, 0.5) is 5.88 Å². The first-order valence-electron chi connectivity index (χ1n) is 4.23. The first kappa shape index (κ1) is 8.25. The van der Waals surface area contributed by atoms with E-state index >= 15 is 0 Å². The molecule has 0 aliphatic carbocycles. The number of rotatable bonds is 1. The summed E-state index contributed by atoms with van der Waals surface area (Å²) in [6, 6.07) is 0. The highest BCUT2D eigenvalue weighted by Gasteiger charge is 2.19. The molecule has 1 aromatic rings. The highest BCUT2D eigenvalue weighted by molar-refractivity contribution is 5.87. The molecule has 0 radical (unpaired) electrons. The van der Waals surface area contributed by atoms with Crippen molar-refractivity contribution in [1.82, 2.24) is 10.5 Å². The van der Waals surface area contributed by atoms with Gasteiger partial charge in [0.2, 0.25) is 11.8 Å². The van der Waals surface area contributed by atoms with Crippen molar-refractivity contribution >= 4 is 11.8 Å². The Morgan fingerprint density at radius 2 is 2.54 bits per heavy atom. The van der Waals surface area contributed by atoms with Crippen molar-refractivity contribution in [2.45, 2.75) is 19.9 Å². The van der Waals surface area contributed by atoms with Crippen molar-refractivity contribution in [3.63, 3.8) is 0 Å². The maximum atomic E-state index is 10.8. The number of hydrogen-bond acceptors (Lipinski definition) is 4. The quantitative estimate of drug-likeness (QED) is 0.653. The number of carbonyl (C=O) groups is 1. The number of amides is 1. The smallest absolute Gasteiger partial charge is 0.234 e. The fourth-order valence-electron chi connectivity index (χ4n) is 1.42. The topological polar surface area (TPSA) is 67.2 Å². The van der Waals surface area contributed by atoms with E-state index in [4.69, 9.17) is 4.52 Å². The molecule has 13 heavy (non-hydrogen) atoms. The molecular formula is C8H11N3O2. The Kier molecular flexibility index (Phi) is 2.02. The summed E-state index contributed by atoms with van der Waals surface area (Å²) in [5.41, 5.74) is 1.92. The van der Waals surface area contributed by atoms with Crippen molar-refractivity contribution < 1.29 is 9.32 Å². The van der Waals surface area contributed by atoms with Crippen LogP contribution in [0.3, 0.4) is 0 Å². The minimum absolute atomic E-state index is 0.127. The highest BCUT2D eigenvalue weighted by atomic mass is 16.5. The number of carbonyl (C=O) groups excluding carboxylic acids is 1. The molecule has 0 aromatic carbocycles. The molecule has 0 atom stereocenters. The normalized spacial score (nSPS) is 15.2. The molecule has 2 rings (SSSR count). The van der Waals surface area contributed by atoms with Crippen LogP contribution in [-0.2, 0) is 17.8 Å². The lowest BCUT2D eigenvalue weighted by Gasteiger charge is -2.10. The number of fused-ring (bicyclic) bond motifs is 1. The molecule has 0 unspecified atom stereocenters. The first-order chi connectivity index (χ1) is 6.27. The summed E-state index contributed by atoms with van der Waals surface area (Å²) in [7, 11) is 0. The van der Waals surface area contributed by atoms with E-state index < -0.39 is 0 Å². The van der Waals surface area contributed by atoms with Crippen LogP contribution in [0.1, 0.15) is 18.2 Å². The lowest BCUT2D eigenvalue weighted by molar-refractivity contribution is -0.114. The van der Waals surface area contributed by atoms with Crippen molar-refractivity contribution in [3.05, 3.63) is 11.3 Å². The van der Waals surface area contributed by atoms with E-state index in [1.807, 2.05) is 0 Å². The summed E-state index contributed by atoms with van der Waals surface area (Å²) in [5, 5.41) is 9.65. The lowest BCUT2D eigenvalue weighted by Crippen LogP contribution is -2.23. The monoisotopic (exact) mass is 181 g/mol. The van der Waals surface area contributed by atoms with E-state index in [9.17, 15) is 4.79 Å². The van der Waals surface area contributed by atoms with Gasteiger partial charge in [0.25, 0.3) is 0 Å². The predicted molar refractivity (Wildman–Crippen MR) is 46.2 cm³/mol. The number of aromatic nitrogens is 1. The Bertz CT molecular complexity index is 332. The largest absolute Gasteiger partial charge is 0.338 e. The summed E-state index contributed by atoms with van der Waals surface area (Å²) in [5.74, 6) is 0.376. The SMILES string of the molecule is CC(=O)Nc1onc2c1CCNC2. The van der Waals surface area contributed by atoms with Crippen molar-refractivity contribution in [3.8, 4) is 0 Å². The predicted octanol–water partition coefficient (Wildman–Crippen LogP) is 0.279. The number of nitrogens with one attached hydrogen (secondary N) is 2. The van der Waals surface area contributed by atoms with Gasteiger partial charge < -0.3 is 9.84 Å². The third-order valence-corrected chi connectivity index (χ3v) is 2.00. The Balaban J connectivity index is 2.26. The van der Waals surface area contributed by atoms with Gasteiger partial charge in [0.05, 0.1) is 0 Å². The third-order valence-electron chi connectivity index (χ3n) is 2.00. The van der Waals surface area contributed by atoms with Gasteiger partial charge in [-0.25, -0.2) is 0 Å². The molecule has 0 spiro atoms. The van der Waals surface area contributed by atoms with Gasteiger partial charge >= 0.3 is 0 Å². The maximum absolute atomic E-state index is 10.8. The van der Waals surface area contributed by atoms with Gasteiger partial charge in [-0.05, 0) is 13.0 Å². The van der Waals surface area contributed by atoms with Gasteiger partial charge in [-0.3, -0.25) is 10.1 Å². The number of hydrogen-bond donors (Lipinski definition) is 2. The van der Waals surface area contributed by atoms with Crippen LogP contribution < -0.4 is 10.6 Å². The van der Waals surface area contributed by atoms with E-state index in [1.165, 1.54) is 6.92 Å². The average Bonchev–Trinajstić information content (AvgIpc) is 2.48. The number of nitrogens with zero attached hydrogens (tertiary/aromatic N) is 1. The Hall–Kier alpha value is -1.36. The fourth-order valence-corrected chi connectivity index (χ4v) is 1.42. The van der Waals surface area contributed by atoms with Crippen LogP contribution in [-0.4, -0.2) is 17.6 Å². The zero-order valence-electron chi connectivity index (χ0n) is 7.39. The summed E-state index contributed by atoms with van der Waals surface area (Å²) in [6.07, 6.45) is 0.856. The molecule has 2 heterocycles. The molecular weight excluding hydrogens is 170 g/mol. The van der Waals surface area contributed by atoms with Crippen LogP contribution in [0.2, 0.25) is 0 Å². The van der Waals surface area contributed by atoms with Crippen molar-refractivity contribution in [2.24, 2.45) is 0 Å². The summed E-state index contributed by atoms with van der Waals surface area (Å²) >= 11 is 0. The second-order valence-corrected chi connectivity index (χ2v) is 3.04. The first-order valence-corrected chi connectivity index (χ1v) is 4.23. The molecule has 2 N–H and O–H groups in total. The highest BCUT2D eigenvalue weighted by Crippen LogP contribution is 2.22. The minimum atomic E-state index is -0.127. The maximum Gasteiger partial charge on any atom is 0.234 e. The molecule has 0 bridgehead atoms. The van der Waals surface area contributed by atoms with E-state index in [0.29, 0.717) is 5.88 Å². The van der Waals surface area contributed by atoms with Gasteiger partial charge in [-0.1, -0.05) is 5.16 Å². The molecule has 70 valence electrons. The zero-order valence-corrected chi connectivity index (χ0v) is 7.39. The Labute approximate surface area is 75.5 Å². The zero-order chi connectivity index (χ0) is 9.26. The van der Waals surface area contributed by atoms with Gasteiger partial charge in [-0.2, -0.15) is 0 Å². The molecule has 0 saturated carbocycles. The van der Waals surface area contributed by atoms with Crippen LogP contribution in [0.25, 0.3) is 0 Å². The molecule has 1 aliphatic heterocycles. The van der Waals surface area contributed by atoms with E-state index in [2.05, 4.69) is 15.8 Å². The van der Waals surface area contributed by atoms with Crippen molar-refractivity contribution in [1.29, 1.82) is 0 Å². The molecule has 1 aliphatic rings. The molecule has 5 nitrogen and oxygen atoms in total. The summed E-state index contributed by atoms with van der Waals surface area (Å²) in [6.45, 7) is 3.08. The average molecular weight is 181 g/mol. The van der Waals surface area contributed by atoms with E-state index in [0.717, 1.165) is 30.8 Å².